The van der Waals surface area contributed by atoms with Gasteiger partial charge in [-0.1, -0.05) is 30.1 Å². The van der Waals surface area contributed by atoms with E-state index in [9.17, 15) is 0 Å². The summed E-state index contributed by atoms with van der Waals surface area (Å²) < 4.78 is 5.59. The van der Waals surface area contributed by atoms with Crippen LogP contribution in [0.3, 0.4) is 0 Å². The second-order valence-electron chi connectivity index (χ2n) is 4.39. The van der Waals surface area contributed by atoms with Gasteiger partial charge in [0.15, 0.2) is 0 Å². The van der Waals surface area contributed by atoms with Gasteiger partial charge in [0.05, 0.1) is 16.7 Å². The maximum atomic E-state index is 5.99. The first kappa shape index (κ1) is 14.8. The number of benzene rings is 2. The van der Waals surface area contributed by atoms with E-state index in [-0.39, 0.29) is 0 Å². The van der Waals surface area contributed by atoms with Gasteiger partial charge in [-0.3, -0.25) is 0 Å². The molecular formula is C15H16Cl2N2O. The van der Waals surface area contributed by atoms with Gasteiger partial charge >= 0.3 is 0 Å². The quantitative estimate of drug-likeness (QED) is 0.754. The molecule has 0 aliphatic rings. The van der Waals surface area contributed by atoms with Crippen molar-refractivity contribution in [2.24, 2.45) is 0 Å². The molecular weight excluding hydrogens is 295 g/mol. The molecule has 0 spiro atoms. The lowest BCUT2D eigenvalue weighted by atomic mass is 10.2. The van der Waals surface area contributed by atoms with Gasteiger partial charge in [0.25, 0.3) is 0 Å². The summed E-state index contributed by atoms with van der Waals surface area (Å²) in [4.78, 5) is 0. The number of nitrogen functional groups attached to an aromatic ring is 1. The molecule has 2 aromatic rings. The van der Waals surface area contributed by atoms with Gasteiger partial charge in [0, 0.05) is 29.2 Å². The van der Waals surface area contributed by atoms with Gasteiger partial charge in [-0.05, 0) is 30.7 Å². The number of nitrogens with one attached hydrogen (secondary N) is 1. The Labute approximate surface area is 128 Å². The summed E-state index contributed by atoms with van der Waals surface area (Å²) in [5.74, 6) is 0.745. The Morgan fingerprint density at radius 3 is 2.55 bits per heavy atom. The molecule has 0 aromatic heterocycles. The van der Waals surface area contributed by atoms with E-state index < -0.39 is 0 Å². The number of hydrogen-bond donors (Lipinski definition) is 2. The van der Waals surface area contributed by atoms with Crippen LogP contribution in [0.4, 0.5) is 17.1 Å². The molecule has 0 bridgehead atoms. The molecule has 0 atom stereocenters. The van der Waals surface area contributed by atoms with E-state index in [0.29, 0.717) is 22.3 Å². The topological polar surface area (TPSA) is 47.3 Å². The minimum atomic E-state index is 0.503. The first-order valence-corrected chi connectivity index (χ1v) is 7.09. The van der Waals surface area contributed by atoms with Crippen LogP contribution in [0.5, 0.6) is 5.75 Å². The van der Waals surface area contributed by atoms with Gasteiger partial charge in [-0.25, -0.2) is 0 Å². The van der Waals surface area contributed by atoms with E-state index in [1.165, 1.54) is 0 Å². The molecule has 2 rings (SSSR count). The third-order valence-electron chi connectivity index (χ3n) is 2.61. The summed E-state index contributed by atoms with van der Waals surface area (Å²) in [7, 11) is 0. The standard InChI is InChI=1S/C15H16Cl2N2O/c1-2-5-20-13-7-10(18)6-12(8-13)19-11-3-4-14(16)15(17)9-11/h3-4,6-9,19H,2,5,18H2,1H3. The summed E-state index contributed by atoms with van der Waals surface area (Å²) in [6.45, 7) is 2.72. The number of nitrogens with two attached hydrogens (primary N) is 1. The Hall–Kier alpha value is -1.58. The smallest absolute Gasteiger partial charge is 0.123 e. The van der Waals surface area contributed by atoms with Gasteiger partial charge in [0.1, 0.15) is 5.75 Å². The van der Waals surface area contributed by atoms with Crippen molar-refractivity contribution < 1.29 is 4.74 Å². The molecule has 0 unspecified atom stereocenters. The second kappa shape index (κ2) is 6.73. The maximum absolute atomic E-state index is 5.99. The Bertz CT molecular complexity index is 602. The maximum Gasteiger partial charge on any atom is 0.123 e. The van der Waals surface area contributed by atoms with Crippen LogP contribution in [0.25, 0.3) is 0 Å². The molecule has 106 valence electrons. The minimum absolute atomic E-state index is 0.503. The third-order valence-corrected chi connectivity index (χ3v) is 3.35. The normalized spacial score (nSPS) is 10.3. The molecule has 3 nitrogen and oxygen atoms in total. The average Bonchev–Trinajstić information content (AvgIpc) is 2.40. The zero-order valence-corrected chi connectivity index (χ0v) is 12.6. The highest BCUT2D eigenvalue weighted by molar-refractivity contribution is 6.42. The van der Waals surface area contributed by atoms with E-state index in [2.05, 4.69) is 12.2 Å². The molecule has 0 aliphatic carbocycles. The van der Waals surface area contributed by atoms with Gasteiger partial charge in [-0.2, -0.15) is 0 Å². The molecule has 0 amide bonds. The van der Waals surface area contributed by atoms with Crippen LogP contribution in [0.2, 0.25) is 10.0 Å². The molecule has 0 saturated carbocycles. The van der Waals surface area contributed by atoms with Crippen molar-refractivity contribution >= 4 is 40.3 Å². The Kier molecular flexibility index (Phi) is 4.99. The monoisotopic (exact) mass is 310 g/mol. The van der Waals surface area contributed by atoms with Crippen molar-refractivity contribution in [1.29, 1.82) is 0 Å². The molecule has 0 heterocycles. The molecule has 20 heavy (non-hydrogen) atoms. The van der Waals surface area contributed by atoms with E-state index in [4.69, 9.17) is 33.7 Å². The van der Waals surface area contributed by atoms with E-state index in [1.807, 2.05) is 18.2 Å². The first-order valence-electron chi connectivity index (χ1n) is 6.34. The number of rotatable bonds is 5. The van der Waals surface area contributed by atoms with Crippen LogP contribution in [-0.2, 0) is 0 Å². The Morgan fingerprint density at radius 1 is 1.05 bits per heavy atom. The lowest BCUT2D eigenvalue weighted by molar-refractivity contribution is 0.318. The predicted octanol–water partition coefficient (Wildman–Crippen LogP) is 5.11. The van der Waals surface area contributed by atoms with Crippen molar-refractivity contribution in [3.8, 4) is 5.75 Å². The highest BCUT2D eigenvalue weighted by Crippen LogP contribution is 2.29. The fourth-order valence-electron chi connectivity index (χ4n) is 1.74. The van der Waals surface area contributed by atoms with E-state index >= 15 is 0 Å². The lowest BCUT2D eigenvalue weighted by Gasteiger charge is -2.11. The number of ether oxygens (including phenoxy) is 1. The molecule has 0 radical (unpaired) electrons. The van der Waals surface area contributed by atoms with E-state index in [1.54, 1.807) is 18.2 Å². The zero-order valence-electron chi connectivity index (χ0n) is 11.1. The van der Waals surface area contributed by atoms with Crippen LogP contribution in [0.15, 0.2) is 36.4 Å². The average molecular weight is 311 g/mol. The SMILES string of the molecule is CCCOc1cc(N)cc(Nc2ccc(Cl)c(Cl)c2)c1. The molecule has 0 fully saturated rings. The molecule has 0 saturated heterocycles. The summed E-state index contributed by atoms with van der Waals surface area (Å²) in [6.07, 6.45) is 0.949. The Balaban J connectivity index is 2.19. The highest BCUT2D eigenvalue weighted by atomic mass is 35.5. The number of halogens is 2. The van der Waals surface area contributed by atoms with Crippen molar-refractivity contribution in [3.63, 3.8) is 0 Å². The lowest BCUT2D eigenvalue weighted by Crippen LogP contribution is -1.98. The van der Waals surface area contributed by atoms with Gasteiger partial charge in [-0.15, -0.1) is 0 Å². The van der Waals surface area contributed by atoms with Crippen LogP contribution in [-0.4, -0.2) is 6.61 Å². The summed E-state index contributed by atoms with van der Waals surface area (Å²) in [5, 5.41) is 4.25. The molecule has 5 heteroatoms. The van der Waals surface area contributed by atoms with Gasteiger partial charge in [0.2, 0.25) is 0 Å². The highest BCUT2D eigenvalue weighted by Gasteiger charge is 2.03. The van der Waals surface area contributed by atoms with Crippen LogP contribution >= 0.6 is 23.2 Å². The third kappa shape index (κ3) is 3.95. The van der Waals surface area contributed by atoms with Crippen LogP contribution in [0, 0.1) is 0 Å². The van der Waals surface area contributed by atoms with Crippen molar-refractivity contribution in [1.82, 2.24) is 0 Å². The fourth-order valence-corrected chi connectivity index (χ4v) is 2.04. The second-order valence-corrected chi connectivity index (χ2v) is 5.21. The molecule has 0 aliphatic heterocycles. The number of anilines is 3. The summed E-state index contributed by atoms with van der Waals surface area (Å²) >= 11 is 11.9. The Morgan fingerprint density at radius 2 is 1.85 bits per heavy atom. The van der Waals surface area contributed by atoms with Crippen molar-refractivity contribution in [2.75, 3.05) is 17.7 Å². The predicted molar refractivity (Wildman–Crippen MR) is 86.4 cm³/mol. The fraction of sp³-hybridized carbons (Fsp3) is 0.200. The zero-order chi connectivity index (χ0) is 14.5. The largest absolute Gasteiger partial charge is 0.493 e. The van der Waals surface area contributed by atoms with Gasteiger partial charge < -0.3 is 15.8 Å². The summed E-state index contributed by atoms with van der Waals surface area (Å²) in [6, 6.07) is 10.9. The van der Waals surface area contributed by atoms with Crippen LogP contribution < -0.4 is 15.8 Å². The molecule has 2 aromatic carbocycles. The minimum Gasteiger partial charge on any atom is -0.493 e. The van der Waals surface area contributed by atoms with Crippen LogP contribution in [0.1, 0.15) is 13.3 Å². The van der Waals surface area contributed by atoms with Crippen molar-refractivity contribution in [2.45, 2.75) is 13.3 Å². The van der Waals surface area contributed by atoms with E-state index in [0.717, 1.165) is 23.5 Å². The molecule has 3 N–H and O–H groups in total. The summed E-state index contributed by atoms with van der Waals surface area (Å²) in [5.41, 5.74) is 8.19. The first-order chi connectivity index (χ1) is 9.58. The number of hydrogen-bond acceptors (Lipinski definition) is 3. The van der Waals surface area contributed by atoms with Crippen molar-refractivity contribution in [3.05, 3.63) is 46.4 Å².